The molecule has 1 heterocycles. The Morgan fingerprint density at radius 3 is 1.83 bits per heavy atom. The van der Waals surface area contributed by atoms with E-state index in [0.29, 0.717) is 0 Å². The van der Waals surface area contributed by atoms with Crippen LogP contribution >= 0.6 is 15.2 Å². The molecule has 0 aliphatic rings. The van der Waals surface area contributed by atoms with Crippen molar-refractivity contribution in [2.45, 2.75) is 11.6 Å². The molecule has 0 radical (unpaired) electrons. The van der Waals surface area contributed by atoms with Crippen LogP contribution in [0.4, 0.5) is 0 Å². The van der Waals surface area contributed by atoms with Gasteiger partial charge in [-0.2, -0.15) is 0 Å². The zero-order valence-electron chi connectivity index (χ0n) is 9.78. The molecule has 5 N–H and O–H groups in total. The zero-order chi connectivity index (χ0) is 12.6. The molecular weight excluding hydrogens is 308 g/mol. The van der Waals surface area contributed by atoms with Gasteiger partial charge in [-0.3, -0.25) is 9.13 Å². The van der Waals surface area contributed by atoms with Crippen molar-refractivity contribution in [2.75, 3.05) is 0 Å². The first-order chi connectivity index (χ1) is 7.08. The number of imidazole rings is 1. The molecule has 0 bridgehead atoms. The van der Waals surface area contributed by atoms with Crippen LogP contribution in [0, 0.1) is 0 Å². The van der Waals surface area contributed by atoms with E-state index in [2.05, 4.69) is 4.98 Å². The van der Waals surface area contributed by atoms with Crippen LogP contribution in [-0.2, 0) is 15.7 Å². The Bertz CT molecular complexity index is 432. The second-order valence-electron chi connectivity index (χ2n) is 3.10. The molecule has 0 spiro atoms. The van der Waals surface area contributed by atoms with Gasteiger partial charge in [-0.1, -0.05) is 0 Å². The van der Waals surface area contributed by atoms with Crippen LogP contribution in [0.15, 0.2) is 18.7 Å². The van der Waals surface area contributed by atoms with Gasteiger partial charge in [-0.05, 0) is 0 Å². The summed E-state index contributed by atoms with van der Waals surface area (Å²) in [6, 6.07) is 0. The minimum Gasteiger partial charge on any atom is -0.366 e. The molecule has 0 amide bonds. The van der Waals surface area contributed by atoms with Gasteiger partial charge in [-0.25, -0.2) is 4.98 Å². The summed E-state index contributed by atoms with van der Waals surface area (Å²) in [6.45, 7) is -0.957. The minimum absolute atomic E-state index is 0. The summed E-state index contributed by atoms with van der Waals surface area (Å²) < 4.78 is 22.8. The largest absolute Gasteiger partial charge is 1.00 e. The number of hydrogen-bond acceptors (Lipinski definition) is 4. The Morgan fingerprint density at radius 1 is 1.11 bits per heavy atom. The van der Waals surface area contributed by atoms with Crippen LogP contribution in [0.25, 0.3) is 0 Å². The number of aromatic nitrogens is 2. The number of hydrogen-bond donors (Lipinski definition) is 5. The molecule has 0 saturated carbocycles. The van der Waals surface area contributed by atoms with Gasteiger partial charge in [0.25, 0.3) is 5.08 Å². The van der Waals surface area contributed by atoms with Gasteiger partial charge in [0.15, 0.2) is 0 Å². The van der Waals surface area contributed by atoms with Crippen molar-refractivity contribution in [3.63, 3.8) is 0 Å². The van der Waals surface area contributed by atoms with E-state index < -0.39 is 26.8 Å². The summed E-state index contributed by atoms with van der Waals surface area (Å²) in [6.07, 6.45) is 3.51. The zero-order valence-corrected chi connectivity index (χ0v) is 15.6. The minimum atomic E-state index is -5.41. The molecule has 1 aromatic rings. The van der Waals surface area contributed by atoms with Crippen LogP contribution in [-0.4, -0.2) is 39.3 Å². The summed E-state index contributed by atoms with van der Waals surface area (Å²) in [5, 5.41) is 6.04. The molecule has 1 rings (SSSR count). The van der Waals surface area contributed by atoms with Gasteiger partial charge in [-0.15, -0.1) is 0 Å². The SMILES string of the molecule is O=P(O)(O)C(O)(Cn1ccnc1)P(=O)(O)O.[Na+].[Na+]. The normalized spacial score (nSPS) is 12.5. The second kappa shape index (κ2) is 7.47. The molecule has 92 valence electrons. The van der Waals surface area contributed by atoms with E-state index in [9.17, 15) is 14.2 Å². The predicted molar refractivity (Wildman–Crippen MR) is 51.3 cm³/mol. The summed E-state index contributed by atoms with van der Waals surface area (Å²) in [5.41, 5.74) is 0. The van der Waals surface area contributed by atoms with Gasteiger partial charge in [0.05, 0.1) is 12.9 Å². The van der Waals surface area contributed by atoms with Crippen molar-refractivity contribution in [2.24, 2.45) is 0 Å². The molecule has 18 heavy (non-hydrogen) atoms. The van der Waals surface area contributed by atoms with Crippen molar-refractivity contribution < 1.29 is 92.9 Å². The quantitative estimate of drug-likeness (QED) is 0.271. The summed E-state index contributed by atoms with van der Waals surface area (Å²) in [7, 11) is -10.8. The van der Waals surface area contributed by atoms with Gasteiger partial charge >= 0.3 is 74.3 Å². The summed E-state index contributed by atoms with van der Waals surface area (Å²) in [5.74, 6) is 0. The predicted octanol–water partition coefficient (Wildman–Crippen LogP) is -7.11. The van der Waals surface area contributed by atoms with Crippen molar-refractivity contribution in [1.82, 2.24) is 9.55 Å². The van der Waals surface area contributed by atoms with Crippen molar-refractivity contribution >= 4 is 15.2 Å². The molecular formula is C5H10N2Na2O7P2+2. The molecule has 9 nitrogen and oxygen atoms in total. The molecule has 1 aromatic heterocycles. The smallest absolute Gasteiger partial charge is 0.366 e. The van der Waals surface area contributed by atoms with E-state index in [0.717, 1.165) is 10.9 Å². The Hall–Kier alpha value is 1.47. The van der Waals surface area contributed by atoms with E-state index in [-0.39, 0.29) is 59.1 Å². The second-order valence-corrected chi connectivity index (χ2v) is 7.11. The third kappa shape index (κ3) is 4.79. The van der Waals surface area contributed by atoms with Crippen LogP contribution in [0.5, 0.6) is 0 Å². The molecule has 0 unspecified atom stereocenters. The Labute approximate surface area is 147 Å². The first kappa shape index (κ1) is 21.8. The molecule has 0 atom stereocenters. The number of nitrogens with zero attached hydrogens (tertiary/aromatic N) is 2. The van der Waals surface area contributed by atoms with Crippen LogP contribution in [0.1, 0.15) is 0 Å². The van der Waals surface area contributed by atoms with Crippen LogP contribution in [0.2, 0.25) is 0 Å². The van der Waals surface area contributed by atoms with Crippen molar-refractivity contribution in [3.05, 3.63) is 18.7 Å². The topological polar surface area (TPSA) is 153 Å². The summed E-state index contributed by atoms with van der Waals surface area (Å²) in [4.78, 5) is 38.7. The average molecular weight is 318 g/mol. The maximum absolute atomic E-state index is 10.9. The maximum Gasteiger partial charge on any atom is 1.00 e. The number of rotatable bonds is 4. The van der Waals surface area contributed by atoms with E-state index in [1.165, 1.54) is 12.4 Å². The fourth-order valence-electron chi connectivity index (χ4n) is 0.979. The monoisotopic (exact) mass is 318 g/mol. The summed E-state index contributed by atoms with van der Waals surface area (Å²) >= 11 is 0. The molecule has 0 fully saturated rings. The van der Waals surface area contributed by atoms with Crippen LogP contribution in [0.3, 0.4) is 0 Å². The van der Waals surface area contributed by atoms with Crippen LogP contribution < -0.4 is 59.1 Å². The molecule has 13 heteroatoms. The fraction of sp³-hybridized carbons (Fsp3) is 0.400. The number of aliphatic hydroxyl groups is 1. The van der Waals surface area contributed by atoms with E-state index in [1.54, 1.807) is 0 Å². The standard InChI is InChI=1S/C5H10N2O7P2.2Na/c8-5(15(9,10)11,16(12,13)14)3-7-2-1-6-4-7;;/h1-2,4,8H,3H2,(H2,9,10,11)(H2,12,13,14);;/q;2*+1. The molecule has 0 aliphatic heterocycles. The molecule has 0 aliphatic carbocycles. The van der Waals surface area contributed by atoms with Gasteiger partial charge < -0.3 is 29.2 Å². The Kier molecular flexibility index (Phi) is 9.03. The van der Waals surface area contributed by atoms with E-state index in [4.69, 9.17) is 19.6 Å². The third-order valence-corrected chi connectivity index (χ3v) is 5.60. The van der Waals surface area contributed by atoms with E-state index >= 15 is 0 Å². The fourth-order valence-corrected chi connectivity index (χ4v) is 3.03. The Balaban J connectivity index is 0. The Morgan fingerprint density at radius 2 is 1.56 bits per heavy atom. The van der Waals surface area contributed by atoms with Gasteiger partial charge in [0.2, 0.25) is 0 Å². The molecule has 0 saturated heterocycles. The maximum atomic E-state index is 10.9. The first-order valence-corrected chi connectivity index (χ1v) is 7.10. The third-order valence-electron chi connectivity index (χ3n) is 1.89. The van der Waals surface area contributed by atoms with Gasteiger partial charge in [0.1, 0.15) is 0 Å². The van der Waals surface area contributed by atoms with E-state index in [1.807, 2.05) is 0 Å². The van der Waals surface area contributed by atoms with Gasteiger partial charge in [0, 0.05) is 12.4 Å². The molecule has 0 aromatic carbocycles. The van der Waals surface area contributed by atoms with Crippen molar-refractivity contribution in [3.8, 4) is 0 Å². The van der Waals surface area contributed by atoms with Crippen molar-refractivity contribution in [1.29, 1.82) is 0 Å². The average Bonchev–Trinajstić information content (AvgIpc) is 2.52. The first-order valence-electron chi connectivity index (χ1n) is 3.87.